The quantitative estimate of drug-likeness (QED) is 0.743. The van der Waals surface area contributed by atoms with Crippen LogP contribution in [0.5, 0.6) is 0 Å². The summed E-state index contributed by atoms with van der Waals surface area (Å²) in [4.78, 5) is 4.32. The minimum absolute atomic E-state index is 0.178. The molecule has 1 aromatic heterocycles. The monoisotopic (exact) mass is 240 g/mol. The summed E-state index contributed by atoms with van der Waals surface area (Å²) >= 11 is 0. The van der Waals surface area contributed by atoms with E-state index in [1.807, 2.05) is 18.7 Å². The van der Waals surface area contributed by atoms with E-state index in [1.165, 1.54) is 0 Å². The maximum atomic E-state index is 5.62. The molecule has 1 rings (SSSR count). The van der Waals surface area contributed by atoms with Crippen LogP contribution in [0.15, 0.2) is 6.33 Å². The average Bonchev–Trinajstić information content (AvgIpc) is 2.74. The summed E-state index contributed by atoms with van der Waals surface area (Å²) in [6, 6.07) is 0.273. The van der Waals surface area contributed by atoms with Crippen molar-refractivity contribution < 1.29 is 4.74 Å². The average molecular weight is 240 g/mol. The van der Waals surface area contributed by atoms with Crippen LogP contribution in [0.3, 0.4) is 0 Å². The second-order valence-corrected chi connectivity index (χ2v) is 4.16. The Labute approximate surface area is 104 Å². The van der Waals surface area contributed by atoms with Gasteiger partial charge < -0.3 is 10.1 Å². The van der Waals surface area contributed by atoms with Crippen LogP contribution >= 0.6 is 0 Å². The highest BCUT2D eigenvalue weighted by Crippen LogP contribution is 2.06. The molecule has 0 saturated carbocycles. The lowest BCUT2D eigenvalue weighted by Gasteiger charge is -2.23. The van der Waals surface area contributed by atoms with E-state index in [2.05, 4.69) is 29.2 Å². The lowest BCUT2D eigenvalue weighted by Crippen LogP contribution is -2.40. The van der Waals surface area contributed by atoms with Gasteiger partial charge in [-0.15, -0.1) is 0 Å². The predicted molar refractivity (Wildman–Crippen MR) is 68.0 cm³/mol. The molecule has 0 aromatic carbocycles. The number of hydrogen-bond donors (Lipinski definition) is 1. The third-order valence-electron chi connectivity index (χ3n) is 2.90. The van der Waals surface area contributed by atoms with Gasteiger partial charge in [-0.05, 0) is 27.3 Å². The lowest BCUT2D eigenvalue weighted by atomic mass is 10.1. The summed E-state index contributed by atoms with van der Waals surface area (Å²) in [5.41, 5.74) is 0. The SMILES string of the molecule is CCCn1ncnc1CC(NC)C(C)OCC. The first-order valence-electron chi connectivity index (χ1n) is 6.38. The Kier molecular flexibility index (Phi) is 6.15. The molecule has 0 bridgehead atoms. The van der Waals surface area contributed by atoms with Crippen LogP contribution in [0.2, 0.25) is 0 Å². The smallest absolute Gasteiger partial charge is 0.138 e. The van der Waals surface area contributed by atoms with E-state index in [4.69, 9.17) is 4.74 Å². The van der Waals surface area contributed by atoms with Crippen molar-refractivity contribution in [2.45, 2.75) is 52.3 Å². The minimum atomic E-state index is 0.178. The number of aromatic nitrogens is 3. The van der Waals surface area contributed by atoms with E-state index < -0.39 is 0 Å². The highest BCUT2D eigenvalue weighted by molar-refractivity contribution is 4.91. The largest absolute Gasteiger partial charge is 0.377 e. The number of likely N-dealkylation sites (N-methyl/N-ethyl adjacent to an activating group) is 1. The third kappa shape index (κ3) is 4.09. The fourth-order valence-electron chi connectivity index (χ4n) is 1.92. The standard InChI is InChI=1S/C12H24N4O/c1-5-7-16-12(14-9-15-16)8-11(13-4)10(3)17-6-2/h9-11,13H,5-8H2,1-4H3. The van der Waals surface area contributed by atoms with Crippen molar-refractivity contribution in [1.82, 2.24) is 20.1 Å². The van der Waals surface area contributed by atoms with E-state index >= 15 is 0 Å². The van der Waals surface area contributed by atoms with Gasteiger partial charge in [0.15, 0.2) is 0 Å². The maximum absolute atomic E-state index is 5.62. The van der Waals surface area contributed by atoms with Gasteiger partial charge in [0.2, 0.25) is 0 Å². The van der Waals surface area contributed by atoms with Crippen LogP contribution in [0.1, 0.15) is 33.0 Å². The van der Waals surface area contributed by atoms with Gasteiger partial charge in [-0.25, -0.2) is 4.98 Å². The van der Waals surface area contributed by atoms with Crippen molar-refractivity contribution in [3.63, 3.8) is 0 Å². The zero-order chi connectivity index (χ0) is 12.7. The first-order chi connectivity index (χ1) is 8.22. The topological polar surface area (TPSA) is 52.0 Å². The number of aryl methyl sites for hydroxylation is 1. The predicted octanol–water partition coefficient (Wildman–Crippen LogP) is 1.24. The normalized spacial score (nSPS) is 14.8. The van der Waals surface area contributed by atoms with E-state index in [9.17, 15) is 0 Å². The molecule has 0 radical (unpaired) electrons. The van der Waals surface area contributed by atoms with Crippen molar-refractivity contribution in [1.29, 1.82) is 0 Å². The molecule has 0 saturated heterocycles. The molecule has 1 heterocycles. The Bertz CT molecular complexity index is 313. The number of ether oxygens (including phenoxy) is 1. The zero-order valence-corrected chi connectivity index (χ0v) is 11.3. The molecule has 2 unspecified atom stereocenters. The molecule has 17 heavy (non-hydrogen) atoms. The second-order valence-electron chi connectivity index (χ2n) is 4.16. The van der Waals surface area contributed by atoms with E-state index in [0.717, 1.165) is 31.8 Å². The van der Waals surface area contributed by atoms with Gasteiger partial charge in [0.05, 0.1) is 6.10 Å². The second kappa shape index (κ2) is 7.40. The van der Waals surface area contributed by atoms with Crippen LogP contribution in [-0.2, 0) is 17.7 Å². The molecule has 0 fully saturated rings. The Morgan fingerprint density at radius 1 is 1.47 bits per heavy atom. The lowest BCUT2D eigenvalue weighted by molar-refractivity contribution is 0.0489. The summed E-state index contributed by atoms with van der Waals surface area (Å²) < 4.78 is 7.60. The summed E-state index contributed by atoms with van der Waals surface area (Å²) in [6.07, 6.45) is 3.72. The third-order valence-corrected chi connectivity index (χ3v) is 2.90. The first kappa shape index (κ1) is 14.1. The van der Waals surface area contributed by atoms with Crippen LogP contribution < -0.4 is 5.32 Å². The molecule has 0 aliphatic rings. The fraction of sp³-hybridized carbons (Fsp3) is 0.833. The molecule has 2 atom stereocenters. The Morgan fingerprint density at radius 2 is 2.24 bits per heavy atom. The van der Waals surface area contributed by atoms with Crippen LogP contribution in [0, 0.1) is 0 Å². The van der Waals surface area contributed by atoms with Crippen molar-refractivity contribution in [2.75, 3.05) is 13.7 Å². The maximum Gasteiger partial charge on any atom is 0.138 e. The molecule has 1 N–H and O–H groups in total. The minimum Gasteiger partial charge on any atom is -0.377 e. The summed E-state index contributed by atoms with van der Waals surface area (Å²) in [5.74, 6) is 1.03. The summed E-state index contributed by atoms with van der Waals surface area (Å²) in [5, 5.41) is 7.52. The van der Waals surface area contributed by atoms with Crippen molar-refractivity contribution in [2.24, 2.45) is 0 Å². The molecule has 0 aliphatic carbocycles. The highest BCUT2D eigenvalue weighted by atomic mass is 16.5. The van der Waals surface area contributed by atoms with Crippen LogP contribution in [-0.4, -0.2) is 40.6 Å². The Balaban J connectivity index is 2.63. The first-order valence-corrected chi connectivity index (χ1v) is 6.38. The summed E-state index contributed by atoms with van der Waals surface area (Å²) in [6.45, 7) is 7.91. The molecule has 0 amide bonds. The molecule has 5 heteroatoms. The van der Waals surface area contributed by atoms with Crippen molar-refractivity contribution in [3.05, 3.63) is 12.2 Å². The number of nitrogens with one attached hydrogen (secondary N) is 1. The van der Waals surface area contributed by atoms with Gasteiger partial charge in [-0.1, -0.05) is 6.92 Å². The van der Waals surface area contributed by atoms with Crippen molar-refractivity contribution >= 4 is 0 Å². The molecular weight excluding hydrogens is 216 g/mol. The van der Waals surface area contributed by atoms with E-state index in [0.29, 0.717) is 0 Å². The molecule has 1 aromatic rings. The van der Waals surface area contributed by atoms with Crippen molar-refractivity contribution in [3.8, 4) is 0 Å². The van der Waals surface area contributed by atoms with Gasteiger partial charge in [0.25, 0.3) is 0 Å². The molecule has 0 spiro atoms. The molecule has 0 aliphatic heterocycles. The van der Waals surface area contributed by atoms with Crippen LogP contribution in [0.4, 0.5) is 0 Å². The zero-order valence-electron chi connectivity index (χ0n) is 11.3. The molecule has 5 nitrogen and oxygen atoms in total. The van der Waals surface area contributed by atoms with Crippen LogP contribution in [0.25, 0.3) is 0 Å². The summed E-state index contributed by atoms with van der Waals surface area (Å²) in [7, 11) is 1.96. The fourth-order valence-corrected chi connectivity index (χ4v) is 1.92. The number of rotatable bonds is 8. The van der Waals surface area contributed by atoms with E-state index in [-0.39, 0.29) is 12.1 Å². The molecular formula is C12H24N4O. The van der Waals surface area contributed by atoms with Gasteiger partial charge >= 0.3 is 0 Å². The number of hydrogen-bond acceptors (Lipinski definition) is 4. The Hall–Kier alpha value is -0.940. The Morgan fingerprint density at radius 3 is 2.82 bits per heavy atom. The van der Waals surface area contributed by atoms with Gasteiger partial charge in [-0.3, -0.25) is 4.68 Å². The van der Waals surface area contributed by atoms with Gasteiger partial charge in [-0.2, -0.15) is 5.10 Å². The van der Waals surface area contributed by atoms with Gasteiger partial charge in [0.1, 0.15) is 12.2 Å². The number of nitrogens with zero attached hydrogens (tertiary/aromatic N) is 3. The van der Waals surface area contributed by atoms with Gasteiger partial charge in [0, 0.05) is 25.6 Å². The van der Waals surface area contributed by atoms with E-state index in [1.54, 1.807) is 6.33 Å². The molecule has 98 valence electrons. The highest BCUT2D eigenvalue weighted by Gasteiger charge is 2.18.